The number of halogens is 1. The summed E-state index contributed by atoms with van der Waals surface area (Å²) in [5, 5.41) is 18.0. The van der Waals surface area contributed by atoms with Gasteiger partial charge < -0.3 is 30.2 Å². The maximum atomic E-state index is 13.4. The standard InChI is InChI=1S/C32H42ClN5O7S/c1-23-16-27(4-6-30(23)45-31-7-5-28-25(19-34)17-26(33)18-29(28)31)46(41,42)38-12-8-24(20-38)21-44-15-14-43-13-11-37-32(40)36-10-3-2-9-35-22-39/h4,6,16-18,22,24,31H,2-3,5,7-15,20-21H2,1H3,(H,35,39)(H2,36,37,40)/t24-,31-/m1/s1. The molecule has 2 aromatic rings. The second kappa shape index (κ2) is 17.5. The first kappa shape index (κ1) is 35.4. The lowest BCUT2D eigenvalue weighted by Crippen LogP contribution is -2.38. The van der Waals surface area contributed by atoms with Crippen molar-refractivity contribution in [3.63, 3.8) is 0 Å². The molecule has 46 heavy (non-hydrogen) atoms. The predicted molar refractivity (Wildman–Crippen MR) is 172 cm³/mol. The van der Waals surface area contributed by atoms with Crippen molar-refractivity contribution in [2.75, 3.05) is 59.2 Å². The molecule has 12 nitrogen and oxygen atoms in total. The first-order chi connectivity index (χ1) is 22.2. The number of nitrogens with zero attached hydrogens (tertiary/aromatic N) is 2. The summed E-state index contributed by atoms with van der Waals surface area (Å²) in [6.07, 6.45) is 4.12. The fourth-order valence-electron chi connectivity index (χ4n) is 5.63. The van der Waals surface area contributed by atoms with Crippen LogP contribution in [0.3, 0.4) is 0 Å². The zero-order chi connectivity index (χ0) is 32.9. The summed E-state index contributed by atoms with van der Waals surface area (Å²) < 4.78 is 45.9. The van der Waals surface area contributed by atoms with Crippen LogP contribution in [0.5, 0.6) is 5.75 Å². The number of hydrogen-bond donors (Lipinski definition) is 3. The van der Waals surface area contributed by atoms with Crippen molar-refractivity contribution in [2.45, 2.75) is 50.0 Å². The maximum Gasteiger partial charge on any atom is 0.314 e. The van der Waals surface area contributed by atoms with E-state index < -0.39 is 10.0 Å². The van der Waals surface area contributed by atoms with Crippen molar-refractivity contribution in [3.8, 4) is 11.8 Å². The van der Waals surface area contributed by atoms with E-state index in [9.17, 15) is 23.3 Å². The highest BCUT2D eigenvalue weighted by Gasteiger charge is 2.33. The Labute approximate surface area is 275 Å². The molecule has 0 unspecified atom stereocenters. The molecule has 3 amide bonds. The van der Waals surface area contributed by atoms with Gasteiger partial charge in [0, 0.05) is 37.7 Å². The van der Waals surface area contributed by atoms with E-state index in [4.69, 9.17) is 25.8 Å². The van der Waals surface area contributed by atoms with E-state index in [2.05, 4.69) is 22.0 Å². The summed E-state index contributed by atoms with van der Waals surface area (Å²) in [5.41, 5.74) is 3.14. The Balaban J connectivity index is 1.14. The van der Waals surface area contributed by atoms with Gasteiger partial charge >= 0.3 is 6.03 Å². The topological polar surface area (TPSA) is 159 Å². The Hall–Kier alpha value is -3.41. The van der Waals surface area contributed by atoms with Gasteiger partial charge in [-0.1, -0.05) is 11.6 Å². The number of carbonyl (C=O) groups excluding carboxylic acids is 2. The number of fused-ring (bicyclic) bond motifs is 1. The molecule has 1 aliphatic carbocycles. The molecular formula is C32H42ClN5O7S. The van der Waals surface area contributed by atoms with Gasteiger partial charge in [-0.25, -0.2) is 13.2 Å². The molecule has 250 valence electrons. The van der Waals surface area contributed by atoms with Crippen LogP contribution in [0.15, 0.2) is 35.2 Å². The summed E-state index contributed by atoms with van der Waals surface area (Å²) in [7, 11) is -3.68. The molecule has 0 radical (unpaired) electrons. The lowest BCUT2D eigenvalue weighted by molar-refractivity contribution is -0.109. The molecule has 14 heteroatoms. The molecule has 1 aliphatic heterocycles. The number of amides is 3. The fourth-order valence-corrected chi connectivity index (χ4v) is 7.47. The SMILES string of the molecule is Cc1cc(S(=O)(=O)N2CC[C@@H](COCCOCCNC(=O)NCCCCNC=O)C2)ccc1O[C@@H]1CCc2c(C#N)cc(Cl)cc21. The number of rotatable bonds is 18. The second-order valence-corrected chi connectivity index (χ2v) is 13.7. The van der Waals surface area contributed by atoms with Gasteiger partial charge in [0.25, 0.3) is 0 Å². The molecule has 1 saturated heterocycles. The van der Waals surface area contributed by atoms with Gasteiger partial charge in [0.15, 0.2) is 0 Å². The molecule has 3 N–H and O–H groups in total. The van der Waals surface area contributed by atoms with Crippen molar-refractivity contribution in [2.24, 2.45) is 5.92 Å². The average Bonchev–Trinajstić information content (AvgIpc) is 3.68. The molecule has 2 atom stereocenters. The summed E-state index contributed by atoms with van der Waals surface area (Å²) in [4.78, 5) is 22.1. The molecule has 1 heterocycles. The summed E-state index contributed by atoms with van der Waals surface area (Å²) >= 11 is 6.23. The number of hydrogen-bond acceptors (Lipinski definition) is 8. The zero-order valence-corrected chi connectivity index (χ0v) is 27.6. The van der Waals surface area contributed by atoms with Crippen molar-refractivity contribution in [3.05, 3.63) is 57.6 Å². The van der Waals surface area contributed by atoms with Gasteiger partial charge in [-0.3, -0.25) is 4.79 Å². The van der Waals surface area contributed by atoms with Crippen LogP contribution in [-0.4, -0.2) is 84.3 Å². The minimum atomic E-state index is -3.68. The van der Waals surface area contributed by atoms with Gasteiger partial charge in [0.1, 0.15) is 11.9 Å². The maximum absolute atomic E-state index is 13.4. The molecular weight excluding hydrogens is 634 g/mol. The zero-order valence-electron chi connectivity index (χ0n) is 26.1. The molecule has 0 bridgehead atoms. The number of aryl methyl sites for hydroxylation is 1. The van der Waals surface area contributed by atoms with Crippen LogP contribution in [0.4, 0.5) is 4.79 Å². The minimum absolute atomic E-state index is 0.0885. The van der Waals surface area contributed by atoms with E-state index in [0.717, 1.165) is 30.4 Å². The largest absolute Gasteiger partial charge is 0.485 e. The summed E-state index contributed by atoms with van der Waals surface area (Å²) in [6, 6.07) is 10.4. The lowest BCUT2D eigenvalue weighted by Gasteiger charge is -2.20. The Morgan fingerprint density at radius 1 is 1.09 bits per heavy atom. The first-order valence-corrected chi connectivity index (χ1v) is 17.4. The van der Waals surface area contributed by atoms with E-state index in [1.807, 2.05) is 13.0 Å². The van der Waals surface area contributed by atoms with Crippen LogP contribution in [-0.2, 0) is 30.7 Å². The third-order valence-corrected chi connectivity index (χ3v) is 10.1. The highest BCUT2D eigenvalue weighted by molar-refractivity contribution is 7.89. The number of ether oxygens (including phenoxy) is 3. The number of unbranched alkanes of at least 4 members (excludes halogenated alkanes) is 1. The average molecular weight is 676 g/mol. The van der Waals surface area contributed by atoms with E-state index in [1.165, 1.54) is 4.31 Å². The number of urea groups is 1. The number of nitriles is 1. The van der Waals surface area contributed by atoms with Crippen LogP contribution in [0, 0.1) is 24.2 Å². The van der Waals surface area contributed by atoms with Crippen LogP contribution in [0.25, 0.3) is 0 Å². The number of nitrogens with one attached hydrogen (secondary N) is 3. The molecule has 2 aromatic carbocycles. The molecule has 0 spiro atoms. The lowest BCUT2D eigenvalue weighted by atomic mass is 10.0. The van der Waals surface area contributed by atoms with Crippen LogP contribution < -0.4 is 20.7 Å². The quantitative estimate of drug-likeness (QED) is 0.160. The van der Waals surface area contributed by atoms with Crippen molar-refractivity contribution >= 4 is 34.1 Å². The first-order valence-electron chi connectivity index (χ1n) is 15.6. The van der Waals surface area contributed by atoms with Gasteiger partial charge in [0.2, 0.25) is 16.4 Å². The Morgan fingerprint density at radius 2 is 1.87 bits per heavy atom. The van der Waals surface area contributed by atoms with Crippen molar-refractivity contribution < 1.29 is 32.2 Å². The second-order valence-electron chi connectivity index (χ2n) is 11.4. The van der Waals surface area contributed by atoms with Gasteiger partial charge in [-0.2, -0.15) is 9.57 Å². The van der Waals surface area contributed by atoms with E-state index in [-0.39, 0.29) is 22.9 Å². The van der Waals surface area contributed by atoms with E-state index in [0.29, 0.717) is 100 Å². The predicted octanol–water partition coefficient (Wildman–Crippen LogP) is 3.46. The summed E-state index contributed by atoms with van der Waals surface area (Å²) in [6.45, 7) is 5.65. The third kappa shape index (κ3) is 9.80. The highest BCUT2D eigenvalue weighted by atomic mass is 35.5. The molecule has 4 rings (SSSR count). The van der Waals surface area contributed by atoms with Crippen LogP contribution >= 0.6 is 11.6 Å². The summed E-state index contributed by atoms with van der Waals surface area (Å²) in [5.74, 6) is 0.686. The van der Waals surface area contributed by atoms with Crippen LogP contribution in [0.2, 0.25) is 5.02 Å². The molecule has 0 aromatic heterocycles. The Kier molecular flexibility index (Phi) is 13.5. The van der Waals surface area contributed by atoms with E-state index in [1.54, 1.807) is 24.3 Å². The van der Waals surface area contributed by atoms with Gasteiger partial charge in [0.05, 0.1) is 43.0 Å². The Morgan fingerprint density at radius 3 is 2.65 bits per heavy atom. The van der Waals surface area contributed by atoms with Crippen molar-refractivity contribution in [1.29, 1.82) is 5.26 Å². The third-order valence-electron chi connectivity index (χ3n) is 8.05. The molecule has 1 fully saturated rings. The minimum Gasteiger partial charge on any atom is -0.485 e. The van der Waals surface area contributed by atoms with E-state index >= 15 is 0 Å². The normalized spacial score (nSPS) is 17.7. The molecule has 2 aliphatic rings. The number of benzene rings is 2. The monoisotopic (exact) mass is 675 g/mol. The van der Waals surface area contributed by atoms with Gasteiger partial charge in [-0.05, 0) is 92.0 Å². The molecule has 0 saturated carbocycles. The Bertz CT molecular complexity index is 1500. The number of sulfonamides is 1. The van der Waals surface area contributed by atoms with Crippen molar-refractivity contribution in [1.82, 2.24) is 20.3 Å². The van der Waals surface area contributed by atoms with Gasteiger partial charge in [-0.15, -0.1) is 0 Å². The van der Waals surface area contributed by atoms with Crippen LogP contribution in [0.1, 0.15) is 54.0 Å². The fraction of sp³-hybridized carbons (Fsp3) is 0.531. The number of carbonyl (C=O) groups is 2. The smallest absolute Gasteiger partial charge is 0.314 e. The highest BCUT2D eigenvalue weighted by Crippen LogP contribution is 2.39.